The van der Waals surface area contributed by atoms with Crippen LogP contribution in [0.25, 0.3) is 16.9 Å². The zero-order chi connectivity index (χ0) is 62.1. The number of aliphatic hydroxyl groups excluding tert-OH is 1. The molecule has 0 atom stereocenters. The molecule has 0 fully saturated rings. The number of rotatable bonds is 10. The Morgan fingerprint density at radius 1 is 0.565 bits per heavy atom. The molecular weight excluding hydrogens is 1110 g/mol. The van der Waals surface area contributed by atoms with Crippen molar-refractivity contribution in [2.45, 2.75) is 33.9 Å². The van der Waals surface area contributed by atoms with Gasteiger partial charge in [-0.05, 0) is 90.0 Å². The summed E-state index contributed by atoms with van der Waals surface area (Å²) in [4.78, 5) is 84.1. The number of nitrogens with zero attached hydrogens (tertiary/aromatic N) is 9. The number of carbonyl (C=O) groups is 6. The minimum atomic E-state index is -1.03. The normalized spacial score (nSPS) is 9.34. The van der Waals surface area contributed by atoms with Crippen molar-refractivity contribution in [1.29, 1.82) is 15.8 Å². The Labute approximate surface area is 510 Å². The van der Waals surface area contributed by atoms with Crippen LogP contribution in [0.15, 0.2) is 146 Å². The molecule has 0 aliphatic carbocycles. The van der Waals surface area contributed by atoms with Gasteiger partial charge in [0.1, 0.15) is 22.7 Å². The van der Waals surface area contributed by atoms with Gasteiger partial charge < -0.3 is 53.5 Å². The van der Waals surface area contributed by atoms with Gasteiger partial charge in [0.25, 0.3) is 0 Å². The van der Waals surface area contributed by atoms with E-state index in [9.17, 15) is 33.9 Å². The van der Waals surface area contributed by atoms with Crippen LogP contribution < -0.4 is 50.7 Å². The van der Waals surface area contributed by atoms with Crippen LogP contribution in [-0.4, -0.2) is 111 Å². The van der Waals surface area contributed by atoms with E-state index in [1.807, 2.05) is 30.3 Å². The molecule has 9 aromatic rings. The average Bonchev–Trinajstić information content (AvgIpc) is 3.97. The molecule has 3 radical (unpaired) electrons. The number of aromatic carboxylic acids is 1. The SMILES string of the molecule is CC(=O)OOC(C)=O.CO.COC(=O)c1c(N)ccc2nccn12.COC(=O)c1c(NCc2cccc(C#N)c2)ccc2nccn12.COc1cccc(C#N)c1.N#Cc1cccc(CNc2ccc3nccn3c2C(=O)O)c1.[B-]OC(C)=O.[Na+]. The summed E-state index contributed by atoms with van der Waals surface area (Å²) in [5, 5.41) is 49.1. The summed E-state index contributed by atoms with van der Waals surface area (Å²) in [6.45, 7) is 4.43. The first kappa shape index (κ1) is 70.4. The summed E-state index contributed by atoms with van der Waals surface area (Å²) in [6, 6.07) is 38.1. The second-order valence-corrected chi connectivity index (χ2v) is 16.0. The molecule has 0 spiro atoms. The van der Waals surface area contributed by atoms with E-state index >= 15 is 0 Å². The van der Waals surface area contributed by atoms with Crippen LogP contribution in [-0.2, 0) is 51.4 Å². The number of ether oxygens (including phenoxy) is 3. The quantitative estimate of drug-likeness (QED) is 0.0564. The van der Waals surface area contributed by atoms with Gasteiger partial charge in [0.15, 0.2) is 17.1 Å². The molecule has 3 aromatic carbocycles. The number of methoxy groups -OCH3 is 3. The Balaban J connectivity index is 0.000000367. The number of nitriles is 3. The number of fused-ring (bicyclic) bond motifs is 3. The maximum Gasteiger partial charge on any atom is 1.00 e. The molecule has 0 amide bonds. The summed E-state index contributed by atoms with van der Waals surface area (Å²) in [5.74, 6) is -2.96. The third-order valence-electron chi connectivity index (χ3n) is 10.4. The fourth-order valence-corrected chi connectivity index (χ4v) is 6.83. The first-order valence-electron chi connectivity index (χ1n) is 24.1. The number of nitrogens with two attached hydrogens (primary N) is 1. The van der Waals surface area contributed by atoms with Gasteiger partial charge >= 0.3 is 59.4 Å². The number of hydrogen-bond acceptors (Lipinski definition) is 22. The molecule has 6 heterocycles. The number of esters is 2. The minimum Gasteiger partial charge on any atom is -0.793 e. The summed E-state index contributed by atoms with van der Waals surface area (Å²) in [5.41, 5.74) is 13.6. The second-order valence-electron chi connectivity index (χ2n) is 16.0. The maximum atomic E-state index is 12.1. The molecule has 0 aliphatic heterocycles. The first-order chi connectivity index (χ1) is 40.4. The number of benzene rings is 3. The van der Waals surface area contributed by atoms with Crippen molar-refractivity contribution >= 4 is 77.9 Å². The fraction of sp³-hybridized carbons (Fsp3) is 0.158. The van der Waals surface area contributed by atoms with Gasteiger partial charge in [-0.2, -0.15) is 15.8 Å². The van der Waals surface area contributed by atoms with Crippen molar-refractivity contribution in [2.24, 2.45) is 0 Å². The number of anilines is 3. The van der Waals surface area contributed by atoms with Crippen LogP contribution in [0.5, 0.6) is 5.75 Å². The second kappa shape index (κ2) is 37.3. The predicted molar refractivity (Wildman–Crippen MR) is 303 cm³/mol. The van der Waals surface area contributed by atoms with Gasteiger partial charge in [-0.3, -0.25) is 18.0 Å². The van der Waals surface area contributed by atoms with E-state index < -0.39 is 35.8 Å². The number of carboxylic acid groups (broad SMARTS) is 1. The van der Waals surface area contributed by atoms with E-state index in [1.54, 1.807) is 138 Å². The van der Waals surface area contributed by atoms with Crippen LogP contribution in [0.3, 0.4) is 0 Å². The van der Waals surface area contributed by atoms with Crippen molar-refractivity contribution in [3.8, 4) is 24.0 Å². The van der Waals surface area contributed by atoms with Gasteiger partial charge in [-0.25, -0.2) is 48.7 Å². The molecule has 26 nitrogen and oxygen atoms in total. The molecular formula is C57H55BN12NaO14. The number of imidazole rings is 3. The van der Waals surface area contributed by atoms with Crippen LogP contribution in [0.1, 0.15) is 80.1 Å². The zero-order valence-electron chi connectivity index (χ0n) is 47.2. The Kier molecular flexibility index (Phi) is 30.9. The number of nitrogens with one attached hydrogen (secondary N) is 2. The Bertz CT molecular complexity index is 3820. The monoisotopic (exact) mass is 1170 g/mol. The van der Waals surface area contributed by atoms with E-state index in [0.717, 1.165) is 37.8 Å². The molecule has 0 unspecified atom stereocenters. The van der Waals surface area contributed by atoms with E-state index in [1.165, 1.54) is 25.5 Å². The molecule has 0 bridgehead atoms. The van der Waals surface area contributed by atoms with Gasteiger partial charge in [0, 0.05) is 78.2 Å². The molecule has 0 aliphatic rings. The predicted octanol–water partition coefficient (Wildman–Crippen LogP) is 3.66. The van der Waals surface area contributed by atoms with Crippen molar-refractivity contribution in [2.75, 3.05) is 44.8 Å². The summed E-state index contributed by atoms with van der Waals surface area (Å²) >= 11 is 0. The average molecular weight is 1170 g/mol. The number of carboxylic acids is 1. The summed E-state index contributed by atoms with van der Waals surface area (Å²) < 4.78 is 22.8. The third kappa shape index (κ3) is 22.3. The van der Waals surface area contributed by atoms with Gasteiger partial charge in [0.2, 0.25) is 5.97 Å². The van der Waals surface area contributed by atoms with Crippen molar-refractivity contribution < 1.29 is 97.2 Å². The summed E-state index contributed by atoms with van der Waals surface area (Å²) in [7, 11) is 9.56. The molecule has 6 N–H and O–H groups in total. The number of nitrogen functional groups attached to an aromatic ring is 1. The standard InChI is InChI=1S/C17H14N4O2.C16H12N4O2.C9H9N3O2.C8H7NO.C4H6O4.C2H3BO2.CH4O.Na/c1-23-17(22)16-14(5-6-15-19-7-8-21(15)16)20-11-13-4-2-3-12(9-13)10-18;17-9-11-2-1-3-12(8-11)10-19-13-4-5-14-18-6-7-20(14)15(13)16(21)22;1-14-9(13)8-6(10)2-3-7-11-4-5-12(7)8;1-10-8-4-2-3-7(5-8)6-9;1-3(5)7-8-4(2)6;1-2(4)5-3;1-2;/h2-9,20H,11H2,1H3;1-8,19H,10H2,(H,21,22);2-5H,10H2,1H3;2-5H,1H3;1-2H3;1H3;2H,1H3;/q;;;;;-1;;+1. The van der Waals surface area contributed by atoms with E-state index in [2.05, 4.69) is 64.9 Å². The molecule has 0 saturated heterocycles. The molecule has 9 rings (SSSR count). The Hall–Kier alpha value is -10.8. The molecule has 6 aromatic heterocycles. The van der Waals surface area contributed by atoms with E-state index in [-0.39, 0.29) is 35.3 Å². The van der Waals surface area contributed by atoms with Gasteiger partial charge in [-0.1, -0.05) is 30.3 Å². The third-order valence-corrected chi connectivity index (χ3v) is 10.4. The fourth-order valence-electron chi connectivity index (χ4n) is 6.83. The number of hydrogen-bond donors (Lipinski definition) is 5. The maximum absolute atomic E-state index is 12.1. The van der Waals surface area contributed by atoms with Gasteiger partial charge in [-0.15, -0.1) is 0 Å². The molecule has 85 heavy (non-hydrogen) atoms. The smallest absolute Gasteiger partial charge is 0.793 e. The largest absolute Gasteiger partial charge is 1.00 e. The van der Waals surface area contributed by atoms with Crippen LogP contribution in [0.4, 0.5) is 17.1 Å². The number of aromatic nitrogens is 6. The molecule has 28 heteroatoms. The first-order valence-corrected chi connectivity index (χ1v) is 24.1. The van der Waals surface area contributed by atoms with Crippen LogP contribution in [0, 0.1) is 34.0 Å². The summed E-state index contributed by atoms with van der Waals surface area (Å²) in [6.07, 6.45) is 9.77. The van der Waals surface area contributed by atoms with Crippen molar-refractivity contribution in [3.05, 3.63) is 191 Å². The number of aliphatic hydroxyl groups is 1. The Morgan fingerprint density at radius 2 is 0.941 bits per heavy atom. The Morgan fingerprint density at radius 3 is 1.33 bits per heavy atom. The molecule has 0 saturated carbocycles. The topological polar surface area (TPSA) is 372 Å². The molecule has 431 valence electrons. The zero-order valence-corrected chi connectivity index (χ0v) is 49.2. The number of carbonyl (C=O) groups excluding carboxylic acids is 5. The van der Waals surface area contributed by atoms with Crippen LogP contribution in [0.2, 0.25) is 0 Å². The van der Waals surface area contributed by atoms with E-state index in [4.69, 9.17) is 36.1 Å². The van der Waals surface area contributed by atoms with Crippen molar-refractivity contribution in [1.82, 2.24) is 28.2 Å². The van der Waals surface area contributed by atoms with Gasteiger partial charge in [0.05, 0.1) is 73.3 Å². The van der Waals surface area contributed by atoms with Crippen molar-refractivity contribution in [3.63, 3.8) is 0 Å². The van der Waals surface area contributed by atoms with E-state index in [0.29, 0.717) is 75.2 Å². The minimum absolute atomic E-state index is 0. The van der Waals surface area contributed by atoms with Crippen LogP contribution >= 0.6 is 0 Å². The number of pyridine rings is 3.